The number of rotatable bonds is 2. The van der Waals surface area contributed by atoms with Crippen molar-refractivity contribution in [3.63, 3.8) is 0 Å². The van der Waals surface area contributed by atoms with Gasteiger partial charge in [-0.1, -0.05) is 0 Å². The molecule has 2 heterocycles. The fraction of sp³-hybridized carbons (Fsp3) is 0.667. The van der Waals surface area contributed by atoms with Gasteiger partial charge in [-0.05, 0) is 26.8 Å². The highest BCUT2D eigenvalue weighted by molar-refractivity contribution is 5.33. The summed E-state index contributed by atoms with van der Waals surface area (Å²) in [6.45, 7) is 8.23. The zero-order valence-electron chi connectivity index (χ0n) is 10.7. The number of aromatic nitrogens is 2. The van der Waals surface area contributed by atoms with Crippen LogP contribution in [0.5, 0.6) is 0 Å². The molecule has 1 aromatic rings. The standard InChI is InChI=1S/C12H20N4O/c1-8-4-11(5-13)15-12(14-8)16-6-9(2)17-10(3)7-16/h4,9-10H,5-7,13H2,1-3H3/t9-,10+. The Bertz CT molecular complexity index is 386. The van der Waals surface area contributed by atoms with Crippen molar-refractivity contribution in [3.05, 3.63) is 17.5 Å². The molecule has 2 rings (SSSR count). The van der Waals surface area contributed by atoms with Gasteiger partial charge in [-0.3, -0.25) is 0 Å². The van der Waals surface area contributed by atoms with Crippen LogP contribution in [0.15, 0.2) is 6.07 Å². The Labute approximate surface area is 102 Å². The highest BCUT2D eigenvalue weighted by Gasteiger charge is 2.24. The zero-order valence-corrected chi connectivity index (χ0v) is 10.7. The van der Waals surface area contributed by atoms with Gasteiger partial charge in [0.25, 0.3) is 0 Å². The molecule has 0 unspecified atom stereocenters. The molecule has 5 heteroatoms. The van der Waals surface area contributed by atoms with Gasteiger partial charge < -0.3 is 15.4 Å². The maximum absolute atomic E-state index is 5.70. The van der Waals surface area contributed by atoms with Crippen LogP contribution in [-0.2, 0) is 11.3 Å². The predicted molar refractivity (Wildman–Crippen MR) is 66.9 cm³/mol. The molecule has 0 aromatic carbocycles. The minimum absolute atomic E-state index is 0.212. The van der Waals surface area contributed by atoms with Crippen molar-refractivity contribution in [1.82, 2.24) is 9.97 Å². The summed E-state index contributed by atoms with van der Waals surface area (Å²) in [6.07, 6.45) is 0.424. The van der Waals surface area contributed by atoms with Gasteiger partial charge in [-0.15, -0.1) is 0 Å². The van der Waals surface area contributed by atoms with E-state index in [4.69, 9.17) is 10.5 Å². The Hall–Kier alpha value is -1.20. The first-order chi connectivity index (χ1) is 8.08. The smallest absolute Gasteiger partial charge is 0.225 e. The second kappa shape index (κ2) is 4.98. The molecule has 1 aliphatic rings. The summed E-state index contributed by atoms with van der Waals surface area (Å²) in [7, 11) is 0. The largest absolute Gasteiger partial charge is 0.372 e. The van der Waals surface area contributed by atoms with Gasteiger partial charge in [0.1, 0.15) is 0 Å². The average molecular weight is 236 g/mol. The van der Waals surface area contributed by atoms with Crippen LogP contribution >= 0.6 is 0 Å². The molecule has 0 spiro atoms. The lowest BCUT2D eigenvalue weighted by atomic mass is 10.2. The topological polar surface area (TPSA) is 64.3 Å². The maximum atomic E-state index is 5.70. The SMILES string of the molecule is Cc1cc(CN)nc(N2C[C@@H](C)O[C@@H](C)C2)n1. The third kappa shape index (κ3) is 2.92. The second-order valence-electron chi connectivity index (χ2n) is 4.67. The molecule has 1 aliphatic heterocycles. The molecule has 0 saturated carbocycles. The van der Waals surface area contributed by atoms with Gasteiger partial charge in [0.15, 0.2) is 0 Å². The Kier molecular flexibility index (Phi) is 3.59. The number of nitrogens with two attached hydrogens (primary N) is 1. The maximum Gasteiger partial charge on any atom is 0.225 e. The van der Waals surface area contributed by atoms with Crippen molar-refractivity contribution in [2.75, 3.05) is 18.0 Å². The Morgan fingerprint density at radius 2 is 2.00 bits per heavy atom. The second-order valence-corrected chi connectivity index (χ2v) is 4.67. The number of ether oxygens (including phenoxy) is 1. The number of hydrogen-bond acceptors (Lipinski definition) is 5. The third-order valence-corrected chi connectivity index (χ3v) is 2.81. The van der Waals surface area contributed by atoms with E-state index in [1.807, 2.05) is 13.0 Å². The number of anilines is 1. The molecule has 1 fully saturated rings. The molecular weight excluding hydrogens is 216 g/mol. The van der Waals surface area contributed by atoms with Gasteiger partial charge in [-0.25, -0.2) is 9.97 Å². The van der Waals surface area contributed by atoms with Crippen LogP contribution in [0.4, 0.5) is 5.95 Å². The highest BCUT2D eigenvalue weighted by atomic mass is 16.5. The lowest BCUT2D eigenvalue weighted by Crippen LogP contribution is -2.46. The molecule has 0 radical (unpaired) electrons. The summed E-state index contributed by atoms with van der Waals surface area (Å²) < 4.78 is 5.70. The van der Waals surface area contributed by atoms with Crippen molar-refractivity contribution in [1.29, 1.82) is 0 Å². The van der Waals surface area contributed by atoms with Gasteiger partial charge >= 0.3 is 0 Å². The van der Waals surface area contributed by atoms with Crippen LogP contribution in [0.3, 0.4) is 0 Å². The van der Waals surface area contributed by atoms with E-state index in [0.29, 0.717) is 6.54 Å². The highest BCUT2D eigenvalue weighted by Crippen LogP contribution is 2.17. The van der Waals surface area contributed by atoms with Gasteiger partial charge in [-0.2, -0.15) is 0 Å². The van der Waals surface area contributed by atoms with Crippen molar-refractivity contribution in [2.24, 2.45) is 5.73 Å². The lowest BCUT2D eigenvalue weighted by molar-refractivity contribution is -0.00574. The van der Waals surface area contributed by atoms with Crippen LogP contribution in [0.1, 0.15) is 25.2 Å². The number of nitrogens with zero attached hydrogens (tertiary/aromatic N) is 3. The molecule has 0 amide bonds. The summed E-state index contributed by atoms with van der Waals surface area (Å²) in [5.74, 6) is 0.771. The molecule has 94 valence electrons. The normalized spacial score (nSPS) is 25.1. The van der Waals surface area contributed by atoms with Crippen LogP contribution in [0, 0.1) is 6.92 Å². The minimum Gasteiger partial charge on any atom is -0.372 e. The van der Waals surface area contributed by atoms with E-state index in [1.165, 1.54) is 0 Å². The molecule has 0 bridgehead atoms. The molecule has 1 aromatic heterocycles. The van der Waals surface area contributed by atoms with E-state index in [0.717, 1.165) is 30.4 Å². The van der Waals surface area contributed by atoms with Crippen molar-refractivity contribution in [3.8, 4) is 0 Å². The van der Waals surface area contributed by atoms with Crippen LogP contribution in [0.25, 0.3) is 0 Å². The van der Waals surface area contributed by atoms with E-state index >= 15 is 0 Å². The summed E-state index contributed by atoms with van der Waals surface area (Å²) in [4.78, 5) is 11.1. The number of aryl methyl sites for hydroxylation is 1. The van der Waals surface area contributed by atoms with Crippen molar-refractivity contribution >= 4 is 5.95 Å². The first-order valence-corrected chi connectivity index (χ1v) is 6.03. The lowest BCUT2D eigenvalue weighted by Gasteiger charge is -2.35. The molecule has 2 N–H and O–H groups in total. The van der Waals surface area contributed by atoms with E-state index < -0.39 is 0 Å². The fourth-order valence-electron chi connectivity index (χ4n) is 2.20. The Morgan fingerprint density at radius 3 is 2.59 bits per heavy atom. The summed E-state index contributed by atoms with van der Waals surface area (Å²) in [5, 5.41) is 0. The Morgan fingerprint density at radius 1 is 1.35 bits per heavy atom. The molecule has 17 heavy (non-hydrogen) atoms. The summed E-state index contributed by atoms with van der Waals surface area (Å²) >= 11 is 0. The molecule has 5 nitrogen and oxygen atoms in total. The third-order valence-electron chi connectivity index (χ3n) is 2.81. The first kappa shape index (κ1) is 12.3. The first-order valence-electron chi connectivity index (χ1n) is 6.03. The Balaban J connectivity index is 2.23. The predicted octanol–water partition coefficient (Wildman–Crippen LogP) is 0.857. The van der Waals surface area contributed by atoms with E-state index in [2.05, 4.69) is 28.7 Å². The van der Waals surface area contributed by atoms with E-state index in [-0.39, 0.29) is 12.2 Å². The van der Waals surface area contributed by atoms with E-state index in [9.17, 15) is 0 Å². The fourth-order valence-corrected chi connectivity index (χ4v) is 2.20. The zero-order chi connectivity index (χ0) is 12.4. The monoisotopic (exact) mass is 236 g/mol. The number of hydrogen-bond donors (Lipinski definition) is 1. The van der Waals surface area contributed by atoms with Crippen LogP contribution in [-0.4, -0.2) is 35.3 Å². The average Bonchev–Trinajstić information content (AvgIpc) is 2.26. The van der Waals surface area contributed by atoms with Crippen molar-refractivity contribution < 1.29 is 4.74 Å². The quantitative estimate of drug-likeness (QED) is 0.825. The van der Waals surface area contributed by atoms with Gasteiger partial charge in [0.2, 0.25) is 5.95 Å². The molecular formula is C12H20N4O. The van der Waals surface area contributed by atoms with Crippen molar-refractivity contribution in [2.45, 2.75) is 39.5 Å². The summed E-state index contributed by atoms with van der Waals surface area (Å²) in [6, 6.07) is 1.93. The summed E-state index contributed by atoms with van der Waals surface area (Å²) in [5.41, 5.74) is 7.49. The molecule has 2 atom stereocenters. The minimum atomic E-state index is 0.212. The molecule has 0 aliphatic carbocycles. The van der Waals surface area contributed by atoms with Gasteiger partial charge in [0.05, 0.1) is 17.9 Å². The number of morpholine rings is 1. The van der Waals surface area contributed by atoms with Gasteiger partial charge in [0, 0.05) is 25.3 Å². The molecule has 1 saturated heterocycles. The van der Waals surface area contributed by atoms with Crippen LogP contribution in [0.2, 0.25) is 0 Å². The van der Waals surface area contributed by atoms with E-state index in [1.54, 1.807) is 0 Å². The van der Waals surface area contributed by atoms with Crippen LogP contribution < -0.4 is 10.6 Å².